The van der Waals surface area contributed by atoms with Crippen LogP contribution in [0.1, 0.15) is 11.1 Å². The number of rotatable bonds is 5. The fourth-order valence-corrected chi connectivity index (χ4v) is 4.76. The first-order valence-electron chi connectivity index (χ1n) is 10.7. The Labute approximate surface area is 208 Å². The van der Waals surface area contributed by atoms with Gasteiger partial charge in [-0.15, -0.1) is 13.2 Å². The van der Waals surface area contributed by atoms with Crippen LogP contribution in [0.3, 0.4) is 0 Å². The first kappa shape index (κ1) is 24.8. The van der Waals surface area contributed by atoms with Crippen LogP contribution in [0.5, 0.6) is 5.75 Å². The van der Waals surface area contributed by atoms with Crippen molar-refractivity contribution < 1.29 is 31.1 Å². The van der Waals surface area contributed by atoms with Crippen LogP contribution in [0.15, 0.2) is 82.7 Å². The third-order valence-electron chi connectivity index (χ3n) is 5.47. The zero-order valence-electron chi connectivity index (χ0n) is 18.5. The van der Waals surface area contributed by atoms with Crippen molar-refractivity contribution in [1.29, 1.82) is 0 Å². The number of para-hydroxylation sites is 1. The Morgan fingerprint density at radius 3 is 2.22 bits per heavy atom. The maximum absolute atomic E-state index is 13.5. The molecule has 5 rings (SSSR count). The molecule has 0 aliphatic rings. The first-order chi connectivity index (χ1) is 17.5. The number of fused-ring (bicyclic) bond motifs is 3. The predicted molar refractivity (Wildman–Crippen MR) is 127 cm³/mol. The van der Waals surface area contributed by atoms with Gasteiger partial charge in [-0.2, -0.15) is 13.2 Å². The average Bonchev–Trinajstić information content (AvgIpc) is 3.21. The van der Waals surface area contributed by atoms with E-state index in [0.717, 1.165) is 36.0 Å². The van der Waals surface area contributed by atoms with Gasteiger partial charge in [-0.1, -0.05) is 42.1 Å². The first-order valence-corrected chi connectivity index (χ1v) is 11.7. The Balaban J connectivity index is 1.57. The molecule has 0 aliphatic heterocycles. The minimum Gasteiger partial charge on any atom is -0.406 e. The van der Waals surface area contributed by atoms with Crippen LogP contribution in [0.4, 0.5) is 26.3 Å². The lowest BCUT2D eigenvalue weighted by Crippen LogP contribution is -2.22. The lowest BCUT2D eigenvalue weighted by molar-refractivity contribution is -0.274. The molecule has 0 bridgehead atoms. The molecule has 0 amide bonds. The number of H-pyrrole nitrogens is 1. The van der Waals surface area contributed by atoms with E-state index < -0.39 is 29.4 Å². The van der Waals surface area contributed by atoms with Gasteiger partial charge in [0.1, 0.15) is 16.8 Å². The minimum atomic E-state index is -4.87. The van der Waals surface area contributed by atoms with Gasteiger partial charge in [0, 0.05) is 16.7 Å². The molecule has 0 atom stereocenters. The smallest absolute Gasteiger partial charge is 0.406 e. The van der Waals surface area contributed by atoms with Crippen molar-refractivity contribution in [3.8, 4) is 11.4 Å². The second-order valence-electron chi connectivity index (χ2n) is 7.95. The maximum atomic E-state index is 13.5. The highest BCUT2D eigenvalue weighted by Gasteiger charge is 2.31. The summed E-state index contributed by atoms with van der Waals surface area (Å²) in [4.78, 5) is 21.2. The summed E-state index contributed by atoms with van der Waals surface area (Å²) in [5.74, 6) is -0.267. The van der Waals surface area contributed by atoms with Gasteiger partial charge in [0.15, 0.2) is 5.16 Å². The molecule has 5 nitrogen and oxygen atoms in total. The molecule has 3 aromatic carbocycles. The summed E-state index contributed by atoms with van der Waals surface area (Å²) in [5.41, 5.74) is 0.819. The number of hydrogen-bond acceptors (Lipinski definition) is 4. The van der Waals surface area contributed by atoms with Gasteiger partial charge < -0.3 is 9.72 Å². The summed E-state index contributed by atoms with van der Waals surface area (Å²) >= 11 is 1.11. The number of alkyl halides is 6. The van der Waals surface area contributed by atoms with Crippen molar-refractivity contribution in [2.45, 2.75) is 23.4 Å². The number of benzene rings is 3. The fourth-order valence-electron chi connectivity index (χ4n) is 3.80. The third-order valence-corrected chi connectivity index (χ3v) is 6.48. The largest absolute Gasteiger partial charge is 0.573 e. The summed E-state index contributed by atoms with van der Waals surface area (Å²) in [6, 6.07) is 16.5. The summed E-state index contributed by atoms with van der Waals surface area (Å²) in [7, 11) is 0. The third kappa shape index (κ3) is 5.15. The molecule has 0 fully saturated rings. The predicted octanol–water partition coefficient (Wildman–Crippen LogP) is 7.08. The van der Waals surface area contributed by atoms with E-state index in [1.54, 1.807) is 24.3 Å². The van der Waals surface area contributed by atoms with Crippen LogP contribution in [0.2, 0.25) is 0 Å². The molecule has 2 heterocycles. The summed E-state index contributed by atoms with van der Waals surface area (Å²) < 4.78 is 81.5. The molecule has 0 radical (unpaired) electrons. The van der Waals surface area contributed by atoms with Gasteiger partial charge in [-0.05, 0) is 48.0 Å². The van der Waals surface area contributed by atoms with Crippen molar-refractivity contribution in [3.63, 3.8) is 0 Å². The molecule has 37 heavy (non-hydrogen) atoms. The Hall–Kier alpha value is -3.93. The number of aromatic nitrogens is 3. The molecule has 0 unspecified atom stereocenters. The molecule has 2 aromatic heterocycles. The van der Waals surface area contributed by atoms with E-state index in [9.17, 15) is 31.1 Å². The molecular weight excluding hydrogens is 520 g/mol. The van der Waals surface area contributed by atoms with Gasteiger partial charge in [0.05, 0.1) is 11.3 Å². The number of halogens is 6. The lowest BCUT2D eigenvalue weighted by Gasteiger charge is -2.14. The normalized spacial score (nSPS) is 12.4. The van der Waals surface area contributed by atoms with E-state index >= 15 is 0 Å². The van der Waals surface area contributed by atoms with Crippen molar-refractivity contribution >= 4 is 33.7 Å². The summed E-state index contributed by atoms with van der Waals surface area (Å²) in [6.07, 6.45) is -9.33. The molecule has 5 aromatic rings. The average molecular weight is 535 g/mol. The monoisotopic (exact) mass is 535 g/mol. The number of hydrogen-bond donors (Lipinski definition) is 1. The molecule has 1 N–H and O–H groups in total. The standard InChI is InChI=1S/C25H15F6N3O2S/c26-24(27,28)15-7-5-14(6-8-15)13-37-23-33-20-18-3-1-2-4-19(18)32-21(20)22(35)34(23)16-9-11-17(12-10-16)36-25(29,30)31/h1-12,32H,13H2. The van der Waals surface area contributed by atoms with Crippen LogP contribution in [-0.4, -0.2) is 20.9 Å². The van der Waals surface area contributed by atoms with Crippen LogP contribution in [0, 0.1) is 0 Å². The number of nitrogens with zero attached hydrogens (tertiary/aromatic N) is 2. The van der Waals surface area contributed by atoms with Crippen molar-refractivity contribution in [3.05, 3.63) is 94.3 Å². The second-order valence-corrected chi connectivity index (χ2v) is 8.90. The number of ether oxygens (including phenoxy) is 1. The molecule has 0 aliphatic carbocycles. The van der Waals surface area contributed by atoms with Crippen molar-refractivity contribution in [1.82, 2.24) is 14.5 Å². The topological polar surface area (TPSA) is 59.9 Å². The Bertz CT molecular complexity index is 1640. The fraction of sp³-hybridized carbons (Fsp3) is 0.120. The van der Waals surface area contributed by atoms with Crippen LogP contribution >= 0.6 is 11.8 Å². The van der Waals surface area contributed by atoms with E-state index in [-0.39, 0.29) is 22.1 Å². The van der Waals surface area contributed by atoms with Gasteiger partial charge in [0.2, 0.25) is 0 Å². The molecule has 0 saturated carbocycles. The highest BCUT2D eigenvalue weighted by molar-refractivity contribution is 7.98. The number of aromatic amines is 1. The number of thioether (sulfide) groups is 1. The second kappa shape index (κ2) is 9.18. The Kier molecular flexibility index (Phi) is 6.14. The van der Waals surface area contributed by atoms with E-state index in [4.69, 9.17) is 0 Å². The Morgan fingerprint density at radius 2 is 1.57 bits per heavy atom. The summed E-state index contributed by atoms with van der Waals surface area (Å²) in [5, 5.41) is 0.915. The molecule has 0 spiro atoms. The van der Waals surface area contributed by atoms with Gasteiger partial charge >= 0.3 is 12.5 Å². The minimum absolute atomic E-state index is 0.188. The maximum Gasteiger partial charge on any atom is 0.573 e. The van der Waals surface area contributed by atoms with Crippen molar-refractivity contribution in [2.24, 2.45) is 0 Å². The molecule has 190 valence electrons. The Morgan fingerprint density at radius 1 is 0.892 bits per heavy atom. The zero-order valence-corrected chi connectivity index (χ0v) is 19.3. The van der Waals surface area contributed by atoms with Crippen LogP contribution < -0.4 is 10.3 Å². The van der Waals surface area contributed by atoms with Gasteiger partial charge in [-0.3, -0.25) is 9.36 Å². The highest BCUT2D eigenvalue weighted by Crippen LogP contribution is 2.32. The zero-order chi connectivity index (χ0) is 26.4. The summed E-state index contributed by atoms with van der Waals surface area (Å²) in [6.45, 7) is 0. The van der Waals surface area contributed by atoms with Gasteiger partial charge in [-0.25, -0.2) is 4.98 Å². The molecule has 0 saturated heterocycles. The van der Waals surface area contributed by atoms with E-state index in [2.05, 4.69) is 14.7 Å². The van der Waals surface area contributed by atoms with Crippen molar-refractivity contribution in [2.75, 3.05) is 0 Å². The van der Waals surface area contributed by atoms with E-state index in [1.807, 2.05) is 0 Å². The molecular formula is C25H15F6N3O2S. The van der Waals surface area contributed by atoms with E-state index in [0.29, 0.717) is 22.0 Å². The molecule has 12 heteroatoms. The van der Waals surface area contributed by atoms with E-state index in [1.165, 1.54) is 28.8 Å². The quantitative estimate of drug-likeness (QED) is 0.149. The van der Waals surface area contributed by atoms with Gasteiger partial charge in [0.25, 0.3) is 5.56 Å². The SMILES string of the molecule is O=c1c2[nH]c3ccccc3c2nc(SCc2ccc(C(F)(F)F)cc2)n1-c1ccc(OC(F)(F)F)cc1. The van der Waals surface area contributed by atoms with Crippen LogP contribution in [0.25, 0.3) is 27.6 Å². The highest BCUT2D eigenvalue weighted by atomic mass is 32.2. The lowest BCUT2D eigenvalue weighted by atomic mass is 10.1. The van der Waals surface area contributed by atoms with Crippen LogP contribution in [-0.2, 0) is 11.9 Å². The number of nitrogens with one attached hydrogen (secondary N) is 1.